The van der Waals surface area contributed by atoms with E-state index >= 15 is 0 Å². The van der Waals surface area contributed by atoms with Crippen molar-refractivity contribution in [3.63, 3.8) is 0 Å². The monoisotopic (exact) mass is 502 g/mol. The maximum Gasteiger partial charge on any atom is 0.419 e. The van der Waals surface area contributed by atoms with E-state index in [1.807, 2.05) is 0 Å². The highest BCUT2D eigenvalue weighted by atomic mass is 19.4. The Hall–Kier alpha value is -3.65. The maximum atomic E-state index is 14.8. The SMILES string of the molecule is C#C[C@@H](Nc1nc(=O)n(C)c2cnc(N3CCN(C(C)C)CC3)cc12)c1cccc(C(F)(F)F)c1F. The molecular weight excluding hydrogens is 476 g/mol. The van der Waals surface area contributed by atoms with E-state index in [-0.39, 0.29) is 11.4 Å². The summed E-state index contributed by atoms with van der Waals surface area (Å²) in [5, 5.41) is 3.29. The summed E-state index contributed by atoms with van der Waals surface area (Å²) in [6, 6.07) is 3.79. The van der Waals surface area contributed by atoms with Crippen LogP contribution >= 0.6 is 0 Å². The fourth-order valence-electron chi connectivity index (χ4n) is 4.32. The van der Waals surface area contributed by atoms with Crippen LogP contribution in [0.4, 0.5) is 29.2 Å². The minimum Gasteiger partial charge on any atom is -0.354 e. The number of rotatable bonds is 5. The van der Waals surface area contributed by atoms with Gasteiger partial charge in [-0.3, -0.25) is 9.47 Å². The molecule has 3 aromatic rings. The Labute approximate surface area is 205 Å². The Bertz CT molecular complexity index is 1370. The quantitative estimate of drug-likeness (QED) is 0.423. The molecule has 0 aliphatic carbocycles. The van der Waals surface area contributed by atoms with Crippen molar-refractivity contribution >= 4 is 22.5 Å². The molecule has 1 aliphatic heterocycles. The van der Waals surface area contributed by atoms with Gasteiger partial charge in [0, 0.05) is 50.2 Å². The van der Waals surface area contributed by atoms with Crippen LogP contribution in [0.3, 0.4) is 0 Å². The van der Waals surface area contributed by atoms with Crippen LogP contribution < -0.4 is 15.9 Å². The second-order valence-corrected chi connectivity index (χ2v) is 8.93. The molecule has 0 unspecified atom stereocenters. The predicted octanol–water partition coefficient (Wildman–Crippen LogP) is 3.80. The summed E-state index contributed by atoms with van der Waals surface area (Å²) in [4.78, 5) is 25.5. The van der Waals surface area contributed by atoms with Gasteiger partial charge < -0.3 is 10.2 Å². The number of benzene rings is 1. The maximum absolute atomic E-state index is 14.8. The van der Waals surface area contributed by atoms with Gasteiger partial charge in [-0.25, -0.2) is 14.2 Å². The standard InChI is InChI=1S/C25H26F4N6O/c1-5-19(16-7-6-8-18(22(16)26)25(27,28)29)31-23-17-13-21(30-14-20(17)33(4)24(36)32-23)35-11-9-34(10-12-35)15(2)3/h1,6-8,13-15,19H,9-12H2,2-4H3,(H,31,32,36)/t19-/m1/s1. The predicted molar refractivity (Wildman–Crippen MR) is 130 cm³/mol. The van der Waals surface area contributed by atoms with Crippen molar-refractivity contribution in [2.45, 2.75) is 32.1 Å². The van der Waals surface area contributed by atoms with Gasteiger partial charge in [0.25, 0.3) is 0 Å². The third kappa shape index (κ3) is 4.86. The highest BCUT2D eigenvalue weighted by molar-refractivity contribution is 5.91. The number of nitrogens with zero attached hydrogens (tertiary/aromatic N) is 5. The van der Waals surface area contributed by atoms with Crippen molar-refractivity contribution in [2.75, 3.05) is 36.4 Å². The first-order chi connectivity index (χ1) is 17.0. The molecule has 1 N–H and O–H groups in total. The molecule has 3 heterocycles. The van der Waals surface area contributed by atoms with Crippen LogP contribution in [0, 0.1) is 18.2 Å². The number of fused-ring (bicyclic) bond motifs is 1. The van der Waals surface area contributed by atoms with Gasteiger partial charge in [0.05, 0.1) is 17.3 Å². The Kier molecular flexibility index (Phi) is 6.91. The number of aryl methyl sites for hydroxylation is 1. The summed E-state index contributed by atoms with van der Waals surface area (Å²) in [6.07, 6.45) is 2.24. The molecule has 4 rings (SSSR count). The third-order valence-corrected chi connectivity index (χ3v) is 6.44. The highest BCUT2D eigenvalue weighted by Gasteiger charge is 2.35. The average Bonchev–Trinajstić information content (AvgIpc) is 2.84. The topological polar surface area (TPSA) is 66.3 Å². The van der Waals surface area contributed by atoms with Crippen LogP contribution in [-0.4, -0.2) is 51.7 Å². The lowest BCUT2D eigenvalue weighted by atomic mass is 10.0. The first-order valence-electron chi connectivity index (χ1n) is 11.4. The van der Waals surface area contributed by atoms with E-state index in [1.54, 1.807) is 12.3 Å². The smallest absolute Gasteiger partial charge is 0.354 e. The van der Waals surface area contributed by atoms with Gasteiger partial charge in [-0.2, -0.15) is 18.2 Å². The van der Waals surface area contributed by atoms with Gasteiger partial charge in [0.2, 0.25) is 0 Å². The van der Waals surface area contributed by atoms with E-state index in [0.29, 0.717) is 28.8 Å². The zero-order chi connectivity index (χ0) is 26.2. The molecule has 1 atom stereocenters. The van der Waals surface area contributed by atoms with Crippen LogP contribution in [0.15, 0.2) is 35.3 Å². The Morgan fingerprint density at radius 2 is 1.86 bits per heavy atom. The molecule has 1 fully saturated rings. The van der Waals surface area contributed by atoms with Crippen molar-refractivity contribution < 1.29 is 17.6 Å². The summed E-state index contributed by atoms with van der Waals surface area (Å²) < 4.78 is 55.8. The molecule has 1 aliphatic rings. The average molecular weight is 503 g/mol. The number of aromatic nitrogens is 3. The Balaban J connectivity index is 1.73. The van der Waals surface area contributed by atoms with Gasteiger partial charge in [-0.05, 0) is 26.0 Å². The van der Waals surface area contributed by atoms with Crippen LogP contribution in [0.5, 0.6) is 0 Å². The molecular formula is C25H26F4N6O. The molecule has 0 saturated carbocycles. The molecule has 1 aromatic carbocycles. The molecule has 0 spiro atoms. The number of terminal acetylenes is 1. The van der Waals surface area contributed by atoms with Crippen molar-refractivity contribution in [1.82, 2.24) is 19.4 Å². The molecule has 36 heavy (non-hydrogen) atoms. The number of hydrogen-bond donors (Lipinski definition) is 1. The molecule has 7 nitrogen and oxygen atoms in total. The van der Waals surface area contributed by atoms with Crippen molar-refractivity contribution in [3.8, 4) is 12.3 Å². The summed E-state index contributed by atoms with van der Waals surface area (Å²) in [5.74, 6) is 1.51. The van der Waals surface area contributed by atoms with Crippen LogP contribution in [0.25, 0.3) is 10.9 Å². The minimum atomic E-state index is -4.88. The Morgan fingerprint density at radius 3 is 2.47 bits per heavy atom. The summed E-state index contributed by atoms with van der Waals surface area (Å²) in [6.45, 7) is 7.51. The second kappa shape index (κ2) is 9.78. The zero-order valence-electron chi connectivity index (χ0n) is 20.1. The van der Waals surface area contributed by atoms with Crippen molar-refractivity contribution in [3.05, 3.63) is 57.9 Å². The van der Waals surface area contributed by atoms with Gasteiger partial charge in [0.1, 0.15) is 23.5 Å². The van der Waals surface area contributed by atoms with Gasteiger partial charge in [-0.15, -0.1) is 6.42 Å². The molecule has 11 heteroatoms. The number of alkyl halides is 3. The summed E-state index contributed by atoms with van der Waals surface area (Å²) in [7, 11) is 1.54. The number of nitrogens with one attached hydrogen (secondary N) is 1. The van der Waals surface area contributed by atoms with Crippen molar-refractivity contribution in [2.24, 2.45) is 7.05 Å². The fraction of sp³-hybridized carbons (Fsp3) is 0.400. The zero-order valence-corrected chi connectivity index (χ0v) is 20.1. The first kappa shape index (κ1) is 25.4. The van der Waals surface area contributed by atoms with E-state index in [4.69, 9.17) is 6.42 Å². The number of piperazine rings is 1. The lowest BCUT2D eigenvalue weighted by Gasteiger charge is -2.37. The van der Waals surface area contributed by atoms with E-state index in [0.717, 1.165) is 32.2 Å². The minimum absolute atomic E-state index is 0.0392. The van der Waals surface area contributed by atoms with E-state index in [2.05, 4.69) is 44.9 Å². The molecule has 0 bridgehead atoms. The van der Waals surface area contributed by atoms with E-state index in [1.165, 1.54) is 17.7 Å². The number of hydrogen-bond acceptors (Lipinski definition) is 6. The van der Waals surface area contributed by atoms with E-state index < -0.39 is 29.3 Å². The number of pyridine rings is 1. The normalized spacial score (nSPS) is 15.8. The lowest BCUT2D eigenvalue weighted by molar-refractivity contribution is -0.140. The van der Waals surface area contributed by atoms with Gasteiger partial charge >= 0.3 is 11.9 Å². The van der Waals surface area contributed by atoms with Gasteiger partial charge in [0.15, 0.2) is 0 Å². The van der Waals surface area contributed by atoms with Crippen molar-refractivity contribution in [1.29, 1.82) is 0 Å². The van der Waals surface area contributed by atoms with Crippen LogP contribution in [0.1, 0.15) is 31.0 Å². The third-order valence-electron chi connectivity index (χ3n) is 6.44. The van der Waals surface area contributed by atoms with Crippen LogP contribution in [0.2, 0.25) is 0 Å². The number of anilines is 2. The molecule has 0 radical (unpaired) electrons. The van der Waals surface area contributed by atoms with E-state index in [9.17, 15) is 22.4 Å². The first-order valence-corrected chi connectivity index (χ1v) is 11.4. The van der Waals surface area contributed by atoms with Gasteiger partial charge in [-0.1, -0.05) is 18.1 Å². The molecule has 2 aromatic heterocycles. The summed E-state index contributed by atoms with van der Waals surface area (Å²) >= 11 is 0. The second-order valence-electron chi connectivity index (χ2n) is 8.93. The molecule has 1 saturated heterocycles. The largest absolute Gasteiger partial charge is 0.419 e. The lowest BCUT2D eigenvalue weighted by Crippen LogP contribution is -2.49. The highest BCUT2D eigenvalue weighted by Crippen LogP contribution is 2.35. The Morgan fingerprint density at radius 1 is 1.17 bits per heavy atom. The molecule has 190 valence electrons. The molecule has 0 amide bonds. The summed E-state index contributed by atoms with van der Waals surface area (Å²) in [5.41, 5.74) is -1.97. The van der Waals surface area contributed by atoms with Crippen LogP contribution in [-0.2, 0) is 13.2 Å². The number of halogens is 4. The fourth-order valence-corrected chi connectivity index (χ4v) is 4.32.